The monoisotopic (exact) mass is 310 g/mol. The molecule has 3 rings (SSSR count). The molecule has 0 fully saturated rings. The summed E-state index contributed by atoms with van der Waals surface area (Å²) in [5.74, 6) is 0.527. The van der Waals surface area contributed by atoms with Crippen LogP contribution in [0.2, 0.25) is 0 Å². The van der Waals surface area contributed by atoms with Gasteiger partial charge in [-0.1, -0.05) is 30.3 Å². The van der Waals surface area contributed by atoms with Gasteiger partial charge in [0.25, 0.3) is 0 Å². The Morgan fingerprint density at radius 1 is 1.13 bits per heavy atom. The van der Waals surface area contributed by atoms with Crippen LogP contribution in [0.15, 0.2) is 42.5 Å². The van der Waals surface area contributed by atoms with Gasteiger partial charge in [-0.05, 0) is 37.1 Å². The first-order chi connectivity index (χ1) is 11.1. The number of aromatic nitrogens is 2. The molecule has 0 amide bonds. The summed E-state index contributed by atoms with van der Waals surface area (Å²) in [5.41, 5.74) is 3.67. The topological polar surface area (TPSA) is 64.4 Å². The van der Waals surface area contributed by atoms with E-state index in [9.17, 15) is 4.79 Å². The molecule has 1 aromatic heterocycles. The van der Waals surface area contributed by atoms with E-state index in [0.717, 1.165) is 27.9 Å². The molecule has 2 aromatic carbocycles. The first kappa shape index (κ1) is 15.1. The Kier molecular flexibility index (Phi) is 4.02. The highest BCUT2D eigenvalue weighted by atomic mass is 16.5. The second-order valence-electron chi connectivity index (χ2n) is 5.51. The zero-order valence-electron chi connectivity index (χ0n) is 13.1. The van der Waals surface area contributed by atoms with Crippen LogP contribution in [-0.4, -0.2) is 20.6 Å². The number of ether oxygens (including phenoxy) is 1. The molecule has 1 heterocycles. The molecule has 5 heteroatoms. The average Bonchev–Trinajstić information content (AvgIpc) is 2.84. The lowest BCUT2D eigenvalue weighted by molar-refractivity contribution is -0.137. The van der Waals surface area contributed by atoms with Gasteiger partial charge in [0, 0.05) is 0 Å². The van der Waals surface area contributed by atoms with Crippen molar-refractivity contribution >= 4 is 17.0 Å². The smallest absolute Gasteiger partial charge is 0.323 e. The minimum absolute atomic E-state index is 0.133. The Bertz CT molecular complexity index is 848. The van der Waals surface area contributed by atoms with Crippen molar-refractivity contribution < 1.29 is 14.6 Å². The molecule has 0 bridgehead atoms. The number of rotatable bonds is 5. The highest BCUT2D eigenvalue weighted by Crippen LogP contribution is 2.24. The number of benzene rings is 2. The van der Waals surface area contributed by atoms with Gasteiger partial charge >= 0.3 is 5.97 Å². The van der Waals surface area contributed by atoms with Crippen LogP contribution in [0.1, 0.15) is 17.0 Å². The largest absolute Gasteiger partial charge is 0.485 e. The lowest BCUT2D eigenvalue weighted by Gasteiger charge is -2.12. The lowest BCUT2D eigenvalue weighted by atomic mass is 10.1. The maximum absolute atomic E-state index is 11.2. The third kappa shape index (κ3) is 3.04. The zero-order valence-corrected chi connectivity index (χ0v) is 13.1. The van der Waals surface area contributed by atoms with Crippen molar-refractivity contribution in [1.82, 2.24) is 9.55 Å². The van der Waals surface area contributed by atoms with E-state index in [2.05, 4.69) is 4.98 Å². The molecule has 0 saturated carbocycles. The van der Waals surface area contributed by atoms with Crippen molar-refractivity contribution in [2.45, 2.75) is 27.0 Å². The molecule has 0 aliphatic rings. The summed E-state index contributed by atoms with van der Waals surface area (Å²) in [6.45, 7) is 4.07. The maximum atomic E-state index is 11.2. The molecule has 0 aliphatic heterocycles. The zero-order chi connectivity index (χ0) is 16.4. The Balaban J connectivity index is 1.94. The minimum Gasteiger partial charge on any atom is -0.485 e. The van der Waals surface area contributed by atoms with Crippen molar-refractivity contribution in [3.8, 4) is 5.75 Å². The van der Waals surface area contributed by atoms with Crippen LogP contribution < -0.4 is 4.74 Å². The number of nitrogens with zero attached hydrogens (tertiary/aromatic N) is 2. The highest BCUT2D eigenvalue weighted by Gasteiger charge is 2.14. The Hall–Kier alpha value is -2.82. The van der Waals surface area contributed by atoms with Gasteiger partial charge in [-0.15, -0.1) is 0 Å². The van der Waals surface area contributed by atoms with Gasteiger partial charge in [0.15, 0.2) is 0 Å². The Morgan fingerprint density at radius 2 is 1.83 bits per heavy atom. The van der Waals surface area contributed by atoms with E-state index >= 15 is 0 Å². The number of hydrogen-bond donors (Lipinski definition) is 1. The molecule has 0 unspecified atom stereocenters. The molecule has 0 atom stereocenters. The predicted octanol–water partition coefficient (Wildman–Crippen LogP) is 3.32. The molecule has 0 spiro atoms. The van der Waals surface area contributed by atoms with Crippen LogP contribution in [0, 0.1) is 13.8 Å². The molecule has 0 radical (unpaired) electrons. The molecular formula is C18H18N2O3. The van der Waals surface area contributed by atoms with E-state index in [0.29, 0.717) is 5.82 Å². The summed E-state index contributed by atoms with van der Waals surface area (Å²) in [6, 6.07) is 13.5. The van der Waals surface area contributed by atoms with Gasteiger partial charge in [0.2, 0.25) is 0 Å². The number of carboxylic acids is 1. The molecule has 1 N–H and O–H groups in total. The van der Waals surface area contributed by atoms with Crippen LogP contribution in [0.25, 0.3) is 11.0 Å². The van der Waals surface area contributed by atoms with E-state index in [-0.39, 0.29) is 13.2 Å². The number of carbonyl (C=O) groups is 1. The van der Waals surface area contributed by atoms with Crippen molar-refractivity contribution in [3.63, 3.8) is 0 Å². The highest BCUT2D eigenvalue weighted by molar-refractivity contribution is 5.78. The second-order valence-corrected chi connectivity index (χ2v) is 5.51. The van der Waals surface area contributed by atoms with E-state index in [1.807, 2.05) is 56.3 Å². The molecule has 5 nitrogen and oxygen atoms in total. The van der Waals surface area contributed by atoms with Gasteiger partial charge in [0.05, 0.1) is 11.0 Å². The summed E-state index contributed by atoms with van der Waals surface area (Å²) in [7, 11) is 0. The number of hydrogen-bond acceptors (Lipinski definition) is 3. The molecule has 0 saturated heterocycles. The van der Waals surface area contributed by atoms with Gasteiger partial charge in [-0.2, -0.15) is 0 Å². The minimum atomic E-state index is -0.901. The quantitative estimate of drug-likeness (QED) is 0.785. The summed E-state index contributed by atoms with van der Waals surface area (Å²) in [6.07, 6.45) is 0. The predicted molar refractivity (Wildman–Crippen MR) is 87.6 cm³/mol. The first-order valence-corrected chi connectivity index (χ1v) is 7.41. The third-order valence-electron chi connectivity index (χ3n) is 3.78. The van der Waals surface area contributed by atoms with Crippen LogP contribution in [0.3, 0.4) is 0 Å². The van der Waals surface area contributed by atoms with E-state index in [1.54, 1.807) is 4.57 Å². The maximum Gasteiger partial charge on any atom is 0.323 e. The fourth-order valence-corrected chi connectivity index (χ4v) is 2.71. The lowest BCUT2D eigenvalue weighted by Crippen LogP contribution is -2.13. The summed E-state index contributed by atoms with van der Waals surface area (Å²) in [4.78, 5) is 15.7. The summed E-state index contributed by atoms with van der Waals surface area (Å²) < 4.78 is 7.61. The van der Waals surface area contributed by atoms with Crippen molar-refractivity contribution in [3.05, 3.63) is 59.4 Å². The third-order valence-corrected chi connectivity index (χ3v) is 3.78. The summed E-state index contributed by atoms with van der Waals surface area (Å²) >= 11 is 0. The van der Waals surface area contributed by atoms with Crippen LogP contribution >= 0.6 is 0 Å². The molecule has 118 valence electrons. The Labute approximate surface area is 134 Å². The first-order valence-electron chi connectivity index (χ1n) is 7.41. The van der Waals surface area contributed by atoms with Crippen LogP contribution in [0.4, 0.5) is 0 Å². The van der Waals surface area contributed by atoms with Crippen molar-refractivity contribution in [2.75, 3.05) is 0 Å². The van der Waals surface area contributed by atoms with E-state index < -0.39 is 5.97 Å². The van der Waals surface area contributed by atoms with Crippen molar-refractivity contribution in [1.29, 1.82) is 0 Å². The van der Waals surface area contributed by atoms with Gasteiger partial charge in [0.1, 0.15) is 24.7 Å². The average molecular weight is 310 g/mol. The standard InChI is InChI=1S/C18H18N2O3/c1-12-6-5-7-13(2)18(12)23-11-16-19-14-8-3-4-9-15(14)20(16)10-17(21)22/h3-9H,10-11H2,1-2H3,(H,21,22). The number of aliphatic carboxylic acids is 1. The molecule has 3 aromatic rings. The fraction of sp³-hybridized carbons (Fsp3) is 0.222. The fourth-order valence-electron chi connectivity index (χ4n) is 2.71. The van der Waals surface area contributed by atoms with Crippen molar-refractivity contribution in [2.24, 2.45) is 0 Å². The van der Waals surface area contributed by atoms with Gasteiger partial charge < -0.3 is 14.4 Å². The van der Waals surface area contributed by atoms with E-state index in [4.69, 9.17) is 9.84 Å². The van der Waals surface area contributed by atoms with Crippen LogP contribution in [-0.2, 0) is 17.9 Å². The van der Waals surface area contributed by atoms with Gasteiger partial charge in [-0.25, -0.2) is 4.98 Å². The molecule has 0 aliphatic carbocycles. The van der Waals surface area contributed by atoms with Crippen LogP contribution in [0.5, 0.6) is 5.75 Å². The van der Waals surface area contributed by atoms with Gasteiger partial charge in [-0.3, -0.25) is 4.79 Å². The molecule has 23 heavy (non-hydrogen) atoms. The number of fused-ring (bicyclic) bond motifs is 1. The summed E-state index contributed by atoms with van der Waals surface area (Å²) in [5, 5.41) is 9.15. The molecular weight excluding hydrogens is 292 g/mol. The van der Waals surface area contributed by atoms with E-state index in [1.165, 1.54) is 0 Å². The number of imidazole rings is 1. The second kappa shape index (κ2) is 6.12. The number of aryl methyl sites for hydroxylation is 2. The number of carboxylic acid groups (broad SMARTS) is 1. The Morgan fingerprint density at radius 3 is 2.52 bits per heavy atom. The normalized spacial score (nSPS) is 10.9. The number of para-hydroxylation sites is 3. The SMILES string of the molecule is Cc1cccc(C)c1OCc1nc2ccccc2n1CC(=O)O.